The van der Waals surface area contributed by atoms with Crippen molar-refractivity contribution in [2.45, 2.75) is 69.9 Å². The van der Waals surface area contributed by atoms with Gasteiger partial charge in [-0.25, -0.2) is 4.98 Å². The molecule has 1 fully saturated rings. The van der Waals surface area contributed by atoms with Crippen LogP contribution in [-0.2, 0) is 6.54 Å². The zero-order valence-corrected chi connectivity index (χ0v) is 10.7. The summed E-state index contributed by atoms with van der Waals surface area (Å²) in [6, 6.07) is 0.311. The number of rotatable bonds is 1. The van der Waals surface area contributed by atoms with Gasteiger partial charge in [-0.1, -0.05) is 26.2 Å². The van der Waals surface area contributed by atoms with Crippen molar-refractivity contribution in [3.63, 3.8) is 0 Å². The Labute approximate surface area is 103 Å². The summed E-state index contributed by atoms with van der Waals surface area (Å²) >= 11 is 0. The fraction of sp³-hybridized carbons (Fsp3) is 0.786. The second kappa shape index (κ2) is 4.45. The van der Waals surface area contributed by atoms with E-state index in [1.807, 2.05) is 0 Å². The fourth-order valence-corrected chi connectivity index (χ4v) is 3.47. The summed E-state index contributed by atoms with van der Waals surface area (Å²) < 4.78 is 2.31. The van der Waals surface area contributed by atoms with Gasteiger partial charge in [0.15, 0.2) is 0 Å². The summed E-state index contributed by atoms with van der Waals surface area (Å²) in [5, 5.41) is 0. The third-order valence-electron chi connectivity index (χ3n) is 4.38. The molecular formula is C14H23N3. The van der Waals surface area contributed by atoms with Crippen molar-refractivity contribution < 1.29 is 0 Å². The number of fused-ring (bicyclic) bond motifs is 1. The first-order valence-electron chi connectivity index (χ1n) is 7.06. The molecule has 2 N–H and O–H groups in total. The molecule has 0 spiro atoms. The number of aromatic nitrogens is 2. The van der Waals surface area contributed by atoms with E-state index in [0.29, 0.717) is 17.9 Å². The molecule has 1 saturated carbocycles. The molecule has 2 heterocycles. The maximum Gasteiger partial charge on any atom is 0.111 e. The second-order valence-corrected chi connectivity index (χ2v) is 5.91. The first-order chi connectivity index (χ1) is 8.24. The average molecular weight is 233 g/mol. The highest BCUT2D eigenvalue weighted by molar-refractivity contribution is 5.15. The summed E-state index contributed by atoms with van der Waals surface area (Å²) in [7, 11) is 0. The van der Waals surface area contributed by atoms with Crippen molar-refractivity contribution in [1.29, 1.82) is 0 Å². The number of nitrogens with two attached hydrogens (primary N) is 1. The van der Waals surface area contributed by atoms with Gasteiger partial charge in [-0.2, -0.15) is 0 Å². The van der Waals surface area contributed by atoms with E-state index in [9.17, 15) is 0 Å². The molecule has 1 aromatic heterocycles. The molecule has 0 aromatic carbocycles. The van der Waals surface area contributed by atoms with Gasteiger partial charge in [0.25, 0.3) is 0 Å². The predicted molar refractivity (Wildman–Crippen MR) is 69.1 cm³/mol. The SMILES string of the molecule is CC1CC(N)Cn2cc(C3CCCCC3)nc21. The molecule has 3 nitrogen and oxygen atoms in total. The van der Waals surface area contributed by atoms with Gasteiger partial charge < -0.3 is 10.3 Å². The maximum atomic E-state index is 6.08. The Morgan fingerprint density at radius 3 is 2.82 bits per heavy atom. The molecule has 1 aliphatic carbocycles. The van der Waals surface area contributed by atoms with Crippen molar-refractivity contribution in [2.24, 2.45) is 5.73 Å². The maximum absolute atomic E-state index is 6.08. The number of imidazole rings is 1. The molecule has 2 unspecified atom stereocenters. The van der Waals surface area contributed by atoms with Crippen molar-refractivity contribution in [3.05, 3.63) is 17.7 Å². The highest BCUT2D eigenvalue weighted by Crippen LogP contribution is 2.34. The zero-order chi connectivity index (χ0) is 11.8. The van der Waals surface area contributed by atoms with Crippen molar-refractivity contribution >= 4 is 0 Å². The average Bonchev–Trinajstić information content (AvgIpc) is 2.74. The molecular weight excluding hydrogens is 210 g/mol. The van der Waals surface area contributed by atoms with Crippen LogP contribution in [0.2, 0.25) is 0 Å². The first kappa shape index (κ1) is 11.3. The van der Waals surface area contributed by atoms with Crippen molar-refractivity contribution in [2.75, 3.05) is 0 Å². The van der Waals surface area contributed by atoms with Crippen LogP contribution in [0, 0.1) is 0 Å². The first-order valence-corrected chi connectivity index (χ1v) is 7.06. The van der Waals surface area contributed by atoms with E-state index in [2.05, 4.69) is 17.7 Å². The van der Waals surface area contributed by atoms with Gasteiger partial charge in [0, 0.05) is 30.6 Å². The van der Waals surface area contributed by atoms with Gasteiger partial charge >= 0.3 is 0 Å². The topological polar surface area (TPSA) is 43.8 Å². The minimum Gasteiger partial charge on any atom is -0.333 e. The summed E-state index contributed by atoms with van der Waals surface area (Å²) in [6.45, 7) is 3.21. The summed E-state index contributed by atoms with van der Waals surface area (Å²) in [6.07, 6.45) is 10.2. The normalized spacial score (nSPS) is 30.2. The lowest BCUT2D eigenvalue weighted by molar-refractivity contribution is 0.407. The monoisotopic (exact) mass is 233 g/mol. The molecule has 2 atom stereocenters. The third kappa shape index (κ3) is 2.13. The molecule has 1 aromatic rings. The second-order valence-electron chi connectivity index (χ2n) is 5.91. The van der Waals surface area contributed by atoms with Crippen LogP contribution in [0.4, 0.5) is 0 Å². The molecule has 0 saturated heterocycles. The minimum absolute atomic E-state index is 0.311. The molecule has 94 valence electrons. The van der Waals surface area contributed by atoms with Crippen LogP contribution in [0.15, 0.2) is 6.20 Å². The lowest BCUT2D eigenvalue weighted by atomic mass is 9.87. The Morgan fingerprint density at radius 2 is 2.06 bits per heavy atom. The molecule has 17 heavy (non-hydrogen) atoms. The zero-order valence-electron chi connectivity index (χ0n) is 10.7. The highest BCUT2D eigenvalue weighted by Gasteiger charge is 2.26. The summed E-state index contributed by atoms with van der Waals surface area (Å²) in [4.78, 5) is 4.90. The Balaban J connectivity index is 1.85. The molecule has 3 heteroatoms. The van der Waals surface area contributed by atoms with E-state index in [0.717, 1.165) is 13.0 Å². The van der Waals surface area contributed by atoms with Crippen molar-refractivity contribution in [1.82, 2.24) is 9.55 Å². The van der Waals surface area contributed by atoms with Crippen LogP contribution < -0.4 is 5.73 Å². The molecule has 0 bridgehead atoms. The van der Waals surface area contributed by atoms with Crippen LogP contribution >= 0.6 is 0 Å². The third-order valence-corrected chi connectivity index (χ3v) is 4.38. The Kier molecular flexibility index (Phi) is 2.95. The van der Waals surface area contributed by atoms with Crippen molar-refractivity contribution in [3.8, 4) is 0 Å². The van der Waals surface area contributed by atoms with E-state index in [4.69, 9.17) is 10.7 Å². The van der Waals surface area contributed by atoms with E-state index < -0.39 is 0 Å². The molecule has 2 aliphatic rings. The number of hydrogen-bond donors (Lipinski definition) is 1. The fourth-order valence-electron chi connectivity index (χ4n) is 3.47. The largest absolute Gasteiger partial charge is 0.333 e. The molecule has 0 radical (unpaired) electrons. The number of hydrogen-bond acceptors (Lipinski definition) is 2. The Morgan fingerprint density at radius 1 is 1.29 bits per heavy atom. The van der Waals surface area contributed by atoms with Gasteiger partial charge in [-0.15, -0.1) is 0 Å². The lowest BCUT2D eigenvalue weighted by Gasteiger charge is -2.25. The lowest BCUT2D eigenvalue weighted by Crippen LogP contribution is -2.33. The van der Waals surface area contributed by atoms with E-state index >= 15 is 0 Å². The number of nitrogens with zero attached hydrogens (tertiary/aromatic N) is 2. The van der Waals surface area contributed by atoms with Gasteiger partial charge in [0.05, 0.1) is 5.69 Å². The van der Waals surface area contributed by atoms with Gasteiger partial charge in [-0.3, -0.25) is 0 Å². The van der Waals surface area contributed by atoms with Gasteiger partial charge in [-0.05, 0) is 19.3 Å². The summed E-state index contributed by atoms with van der Waals surface area (Å²) in [5.74, 6) is 2.51. The standard InChI is InChI=1S/C14H23N3/c1-10-7-12(15)8-17-9-13(16-14(10)17)11-5-3-2-4-6-11/h9-12H,2-8,15H2,1H3. The molecule has 3 rings (SSSR count). The van der Waals surface area contributed by atoms with Gasteiger partial charge in [0.1, 0.15) is 5.82 Å². The van der Waals surface area contributed by atoms with Crippen LogP contribution in [-0.4, -0.2) is 15.6 Å². The van der Waals surface area contributed by atoms with E-state index in [-0.39, 0.29) is 0 Å². The Bertz CT molecular complexity index is 390. The van der Waals surface area contributed by atoms with E-state index in [1.54, 1.807) is 0 Å². The van der Waals surface area contributed by atoms with E-state index in [1.165, 1.54) is 43.6 Å². The highest BCUT2D eigenvalue weighted by atomic mass is 15.1. The van der Waals surface area contributed by atoms with Crippen LogP contribution in [0.3, 0.4) is 0 Å². The van der Waals surface area contributed by atoms with Crippen LogP contribution in [0.1, 0.15) is 68.8 Å². The smallest absolute Gasteiger partial charge is 0.111 e. The van der Waals surface area contributed by atoms with Crippen LogP contribution in [0.5, 0.6) is 0 Å². The van der Waals surface area contributed by atoms with Gasteiger partial charge in [0.2, 0.25) is 0 Å². The Hall–Kier alpha value is -0.830. The predicted octanol–water partition coefficient (Wildman–Crippen LogP) is 2.77. The quantitative estimate of drug-likeness (QED) is 0.810. The molecule has 0 amide bonds. The molecule has 1 aliphatic heterocycles. The van der Waals surface area contributed by atoms with Crippen LogP contribution in [0.25, 0.3) is 0 Å². The minimum atomic E-state index is 0.311. The summed E-state index contributed by atoms with van der Waals surface area (Å²) in [5.41, 5.74) is 7.41.